The molecule has 9 nitrogen and oxygen atoms in total. The molecule has 0 aliphatic rings. The van der Waals surface area contributed by atoms with Crippen LogP contribution in [0.4, 0.5) is 5.69 Å². The summed E-state index contributed by atoms with van der Waals surface area (Å²) >= 11 is 0. The molecule has 9 heteroatoms. The smallest absolute Gasteiger partial charge is 0.336 e. The number of hydrogen-bond acceptors (Lipinski definition) is 6. The molecule has 1 heterocycles. The highest BCUT2D eigenvalue weighted by Crippen LogP contribution is 2.21. The van der Waals surface area contributed by atoms with Crippen molar-refractivity contribution in [1.82, 2.24) is 9.78 Å². The normalized spacial score (nSPS) is 11.3. The Morgan fingerprint density at radius 3 is 2.62 bits per heavy atom. The number of benzene rings is 1. The van der Waals surface area contributed by atoms with Gasteiger partial charge in [0, 0.05) is 5.56 Å². The van der Waals surface area contributed by atoms with Crippen molar-refractivity contribution in [1.29, 1.82) is 0 Å². The molecular weight excluding hydrogens is 314 g/mol. The predicted octanol–water partition coefficient (Wildman–Crippen LogP) is 1.66. The van der Waals surface area contributed by atoms with Crippen LogP contribution >= 0.6 is 0 Å². The second-order valence-corrected chi connectivity index (χ2v) is 5.06. The van der Waals surface area contributed by atoms with E-state index >= 15 is 0 Å². The first-order valence-corrected chi connectivity index (χ1v) is 7.17. The largest absolute Gasteiger partial charge is 0.380 e. The summed E-state index contributed by atoms with van der Waals surface area (Å²) in [6.45, 7) is 3.28. The number of rotatable bonds is 6. The van der Waals surface area contributed by atoms with Crippen LogP contribution in [0.3, 0.4) is 0 Å². The molecule has 0 fully saturated rings. The number of aromatic nitrogens is 2. The van der Waals surface area contributed by atoms with Crippen LogP contribution in [-0.4, -0.2) is 26.5 Å². The molecule has 0 saturated carbocycles. The quantitative estimate of drug-likeness (QED) is 0.282. The zero-order valence-electron chi connectivity index (χ0n) is 13.3. The topological polar surface area (TPSA) is 126 Å². The van der Waals surface area contributed by atoms with Gasteiger partial charge in [0.2, 0.25) is 0 Å². The van der Waals surface area contributed by atoms with Crippen LogP contribution < -0.4 is 5.73 Å². The number of oxime groups is 1. The molecular formula is C15H17N5O4. The summed E-state index contributed by atoms with van der Waals surface area (Å²) in [5.41, 5.74) is 6.99. The maximum absolute atomic E-state index is 11.7. The molecule has 0 amide bonds. The lowest BCUT2D eigenvalue weighted by atomic mass is 10.2. The highest BCUT2D eigenvalue weighted by molar-refractivity contribution is 5.97. The Morgan fingerprint density at radius 1 is 1.38 bits per heavy atom. The Morgan fingerprint density at radius 2 is 2.04 bits per heavy atom. The molecule has 2 N–H and O–H groups in total. The minimum atomic E-state index is -0.607. The molecule has 2 rings (SSSR count). The highest BCUT2D eigenvalue weighted by Gasteiger charge is 2.22. The maximum Gasteiger partial charge on any atom is 0.336 e. The molecule has 0 aliphatic carbocycles. The SMILES string of the molecule is Cc1nn(CCC(=O)O/N=C(\N)c2ccccc2)c(C)c1[N+](=O)[O-]. The van der Waals surface area contributed by atoms with Gasteiger partial charge in [-0.1, -0.05) is 35.5 Å². The van der Waals surface area contributed by atoms with Crippen LogP contribution in [0.2, 0.25) is 0 Å². The number of nitrogens with two attached hydrogens (primary N) is 1. The molecule has 2 aromatic rings. The van der Waals surface area contributed by atoms with Crippen molar-refractivity contribution < 1.29 is 14.6 Å². The summed E-state index contributed by atoms with van der Waals surface area (Å²) in [5, 5.41) is 18.6. The van der Waals surface area contributed by atoms with E-state index in [2.05, 4.69) is 10.3 Å². The lowest BCUT2D eigenvalue weighted by molar-refractivity contribution is -0.386. The second kappa shape index (κ2) is 7.36. The van der Waals surface area contributed by atoms with Gasteiger partial charge in [-0.2, -0.15) is 5.10 Å². The first-order valence-electron chi connectivity index (χ1n) is 7.17. The fourth-order valence-electron chi connectivity index (χ4n) is 2.17. The fraction of sp³-hybridized carbons (Fsp3) is 0.267. The van der Waals surface area contributed by atoms with Crippen molar-refractivity contribution in [2.24, 2.45) is 10.9 Å². The Labute approximate surface area is 137 Å². The number of nitro groups is 1. The summed E-state index contributed by atoms with van der Waals surface area (Å²) in [4.78, 5) is 26.9. The van der Waals surface area contributed by atoms with Crippen LogP contribution in [0.25, 0.3) is 0 Å². The van der Waals surface area contributed by atoms with E-state index in [1.54, 1.807) is 38.1 Å². The van der Waals surface area contributed by atoms with Gasteiger partial charge >= 0.3 is 11.7 Å². The average molecular weight is 331 g/mol. The third-order valence-electron chi connectivity index (χ3n) is 3.37. The fourth-order valence-corrected chi connectivity index (χ4v) is 2.17. The van der Waals surface area contributed by atoms with E-state index < -0.39 is 10.9 Å². The van der Waals surface area contributed by atoms with E-state index in [0.29, 0.717) is 17.0 Å². The zero-order valence-corrected chi connectivity index (χ0v) is 13.3. The Kier molecular flexibility index (Phi) is 5.25. The molecule has 24 heavy (non-hydrogen) atoms. The molecule has 0 aliphatic heterocycles. The van der Waals surface area contributed by atoms with Crippen LogP contribution in [0.15, 0.2) is 35.5 Å². The molecule has 0 spiro atoms. The summed E-state index contributed by atoms with van der Waals surface area (Å²) in [7, 11) is 0. The summed E-state index contributed by atoms with van der Waals surface area (Å²) < 4.78 is 1.40. The Bertz CT molecular complexity index is 783. The number of hydrogen-bond donors (Lipinski definition) is 1. The van der Waals surface area contributed by atoms with Crippen molar-refractivity contribution >= 4 is 17.5 Å². The standard InChI is InChI=1S/C15H17N5O4/c1-10-14(20(22)23)11(2)19(17-10)9-8-13(21)24-18-15(16)12-6-4-3-5-7-12/h3-7H,8-9H2,1-2H3,(H2,16,18). The third-order valence-corrected chi connectivity index (χ3v) is 3.37. The molecule has 126 valence electrons. The number of carbonyl (C=O) groups is 1. The molecule has 1 aromatic carbocycles. The van der Waals surface area contributed by atoms with E-state index in [1.165, 1.54) is 4.68 Å². The highest BCUT2D eigenvalue weighted by atomic mass is 16.7. The Balaban J connectivity index is 1.95. The van der Waals surface area contributed by atoms with Gasteiger partial charge in [0.25, 0.3) is 0 Å². The van der Waals surface area contributed by atoms with Crippen molar-refractivity contribution in [3.8, 4) is 0 Å². The number of carbonyl (C=O) groups excluding carboxylic acids is 1. The van der Waals surface area contributed by atoms with Gasteiger partial charge in [0.05, 0.1) is 17.9 Å². The van der Waals surface area contributed by atoms with Gasteiger partial charge in [-0.15, -0.1) is 0 Å². The first kappa shape index (κ1) is 17.1. The lowest BCUT2D eigenvalue weighted by Crippen LogP contribution is -2.16. The van der Waals surface area contributed by atoms with Gasteiger partial charge in [0.15, 0.2) is 5.84 Å². The number of nitrogens with zero attached hydrogens (tertiary/aromatic N) is 4. The molecule has 0 saturated heterocycles. The monoisotopic (exact) mass is 331 g/mol. The van der Waals surface area contributed by atoms with Crippen molar-refractivity contribution in [2.75, 3.05) is 0 Å². The first-order chi connectivity index (χ1) is 11.4. The third kappa shape index (κ3) is 3.94. The lowest BCUT2D eigenvalue weighted by Gasteiger charge is -2.03. The molecule has 0 bridgehead atoms. The number of amidine groups is 1. The summed E-state index contributed by atoms with van der Waals surface area (Å²) in [5.74, 6) is -0.519. The maximum atomic E-state index is 11.7. The summed E-state index contributed by atoms with van der Waals surface area (Å²) in [6, 6.07) is 8.88. The van der Waals surface area contributed by atoms with Crippen molar-refractivity contribution in [3.63, 3.8) is 0 Å². The van der Waals surface area contributed by atoms with Crippen LogP contribution in [0.1, 0.15) is 23.4 Å². The molecule has 0 unspecified atom stereocenters. The molecule has 1 aromatic heterocycles. The molecule has 0 atom stereocenters. The Hall–Kier alpha value is -3.23. The van der Waals surface area contributed by atoms with Crippen LogP contribution in [0, 0.1) is 24.0 Å². The average Bonchev–Trinajstić information content (AvgIpc) is 2.85. The van der Waals surface area contributed by atoms with Gasteiger partial charge in [-0.05, 0) is 13.8 Å². The van der Waals surface area contributed by atoms with Gasteiger partial charge in [-0.3, -0.25) is 14.8 Å². The minimum absolute atomic E-state index is 0.0370. The van der Waals surface area contributed by atoms with Crippen molar-refractivity contribution in [3.05, 3.63) is 57.4 Å². The zero-order chi connectivity index (χ0) is 17.7. The number of aryl methyl sites for hydroxylation is 2. The van der Waals surface area contributed by atoms with E-state index in [0.717, 1.165) is 0 Å². The van der Waals surface area contributed by atoms with E-state index in [-0.39, 0.29) is 24.5 Å². The predicted molar refractivity (Wildman–Crippen MR) is 86.2 cm³/mol. The van der Waals surface area contributed by atoms with E-state index in [9.17, 15) is 14.9 Å². The van der Waals surface area contributed by atoms with Gasteiger partial charge in [-0.25, -0.2) is 4.79 Å². The minimum Gasteiger partial charge on any atom is -0.380 e. The van der Waals surface area contributed by atoms with E-state index in [4.69, 9.17) is 10.6 Å². The molecule has 0 radical (unpaired) electrons. The van der Waals surface area contributed by atoms with Gasteiger partial charge < -0.3 is 10.6 Å². The van der Waals surface area contributed by atoms with Crippen LogP contribution in [-0.2, 0) is 16.2 Å². The van der Waals surface area contributed by atoms with Crippen LogP contribution in [0.5, 0.6) is 0 Å². The van der Waals surface area contributed by atoms with E-state index in [1.807, 2.05) is 6.07 Å². The second-order valence-electron chi connectivity index (χ2n) is 5.06. The summed E-state index contributed by atoms with van der Waals surface area (Å²) in [6.07, 6.45) is -0.0370. The van der Waals surface area contributed by atoms with Gasteiger partial charge in [0.1, 0.15) is 11.4 Å². The van der Waals surface area contributed by atoms with Crippen molar-refractivity contribution in [2.45, 2.75) is 26.8 Å².